The standard InChI is InChI=1S/C14H31N3O2S/c1-3-5-7-14(6-4-2)16-20(18,19)13-12-17-10-8-15-9-11-17/h14-16H,3-13H2,1-2H3. The minimum Gasteiger partial charge on any atom is -0.314 e. The normalized spacial score (nSPS) is 19.1. The van der Waals surface area contributed by atoms with Crippen molar-refractivity contribution in [3.8, 4) is 0 Å². The van der Waals surface area contributed by atoms with E-state index < -0.39 is 10.0 Å². The minimum atomic E-state index is -3.14. The van der Waals surface area contributed by atoms with Crippen molar-refractivity contribution in [2.24, 2.45) is 0 Å². The molecule has 20 heavy (non-hydrogen) atoms. The lowest BCUT2D eigenvalue weighted by Gasteiger charge is -2.27. The molecule has 0 aromatic rings. The van der Waals surface area contributed by atoms with E-state index in [2.05, 4.69) is 28.8 Å². The molecule has 6 heteroatoms. The van der Waals surface area contributed by atoms with Crippen LogP contribution in [0.2, 0.25) is 0 Å². The van der Waals surface area contributed by atoms with Crippen LogP contribution in [-0.4, -0.2) is 57.8 Å². The predicted octanol–water partition coefficient (Wildman–Crippen LogP) is 1.17. The fourth-order valence-electron chi connectivity index (χ4n) is 2.56. The molecule has 1 rings (SSSR count). The van der Waals surface area contributed by atoms with Crippen LogP contribution in [0, 0.1) is 0 Å². The van der Waals surface area contributed by atoms with Crippen LogP contribution < -0.4 is 10.0 Å². The molecule has 0 bridgehead atoms. The lowest BCUT2D eigenvalue weighted by molar-refractivity contribution is 0.253. The van der Waals surface area contributed by atoms with E-state index in [1.54, 1.807) is 0 Å². The number of unbranched alkanes of at least 4 members (excludes halogenated alkanes) is 1. The molecule has 1 atom stereocenters. The molecule has 0 spiro atoms. The Morgan fingerprint density at radius 3 is 2.45 bits per heavy atom. The van der Waals surface area contributed by atoms with Gasteiger partial charge in [-0.2, -0.15) is 0 Å². The molecule has 1 saturated heterocycles. The van der Waals surface area contributed by atoms with Crippen LogP contribution >= 0.6 is 0 Å². The van der Waals surface area contributed by atoms with Gasteiger partial charge < -0.3 is 5.32 Å². The van der Waals surface area contributed by atoms with Crippen LogP contribution in [0.3, 0.4) is 0 Å². The number of sulfonamides is 1. The van der Waals surface area contributed by atoms with Crippen molar-refractivity contribution in [1.29, 1.82) is 0 Å². The summed E-state index contributed by atoms with van der Waals surface area (Å²) in [6.45, 7) is 8.71. The molecule has 1 fully saturated rings. The van der Waals surface area contributed by atoms with E-state index in [9.17, 15) is 8.42 Å². The second kappa shape index (κ2) is 9.71. The van der Waals surface area contributed by atoms with Crippen LogP contribution in [0.4, 0.5) is 0 Å². The maximum atomic E-state index is 12.2. The highest BCUT2D eigenvalue weighted by Gasteiger charge is 2.19. The van der Waals surface area contributed by atoms with E-state index in [0.717, 1.165) is 58.3 Å². The van der Waals surface area contributed by atoms with E-state index in [1.807, 2.05) is 0 Å². The molecule has 1 aliphatic heterocycles. The second-order valence-electron chi connectivity index (χ2n) is 5.66. The molecule has 1 heterocycles. The quantitative estimate of drug-likeness (QED) is 0.636. The Kier molecular flexibility index (Phi) is 8.68. The molecule has 0 aromatic carbocycles. The molecule has 1 aliphatic rings. The highest BCUT2D eigenvalue weighted by atomic mass is 32.2. The van der Waals surface area contributed by atoms with Gasteiger partial charge in [-0.1, -0.05) is 33.1 Å². The summed E-state index contributed by atoms with van der Waals surface area (Å²) in [6.07, 6.45) is 5.12. The number of rotatable bonds is 10. The molecule has 0 amide bonds. The SMILES string of the molecule is CCCCC(CCC)NS(=O)(=O)CCN1CCNCC1. The first-order valence-electron chi connectivity index (χ1n) is 8.00. The van der Waals surface area contributed by atoms with Crippen LogP contribution in [0.5, 0.6) is 0 Å². The number of nitrogens with one attached hydrogen (secondary N) is 2. The number of nitrogens with zero attached hydrogens (tertiary/aromatic N) is 1. The number of hydrogen-bond acceptors (Lipinski definition) is 4. The number of hydrogen-bond donors (Lipinski definition) is 2. The summed E-state index contributed by atoms with van der Waals surface area (Å²) >= 11 is 0. The maximum absolute atomic E-state index is 12.2. The van der Waals surface area contributed by atoms with Crippen molar-refractivity contribution < 1.29 is 8.42 Å². The van der Waals surface area contributed by atoms with Crippen LogP contribution in [0.15, 0.2) is 0 Å². The Labute approximate surface area is 124 Å². The lowest BCUT2D eigenvalue weighted by atomic mass is 10.1. The third-order valence-electron chi connectivity index (χ3n) is 3.78. The van der Waals surface area contributed by atoms with Gasteiger partial charge in [0.25, 0.3) is 0 Å². The molecular formula is C14H31N3O2S. The molecule has 0 aliphatic carbocycles. The van der Waals surface area contributed by atoms with Gasteiger partial charge in [0, 0.05) is 38.8 Å². The summed E-state index contributed by atoms with van der Waals surface area (Å²) in [5.41, 5.74) is 0. The molecule has 0 aromatic heterocycles. The molecule has 0 radical (unpaired) electrons. The van der Waals surface area contributed by atoms with Crippen molar-refractivity contribution in [2.75, 3.05) is 38.5 Å². The van der Waals surface area contributed by atoms with Gasteiger partial charge >= 0.3 is 0 Å². The largest absolute Gasteiger partial charge is 0.314 e. The van der Waals surface area contributed by atoms with Gasteiger partial charge in [0.05, 0.1) is 5.75 Å². The molecule has 2 N–H and O–H groups in total. The lowest BCUT2D eigenvalue weighted by Crippen LogP contribution is -2.46. The third-order valence-corrected chi connectivity index (χ3v) is 5.19. The summed E-state index contributed by atoms with van der Waals surface area (Å²) in [7, 11) is -3.14. The first kappa shape index (κ1) is 17.9. The van der Waals surface area contributed by atoms with Gasteiger partial charge in [-0.15, -0.1) is 0 Å². The monoisotopic (exact) mass is 305 g/mol. The van der Waals surface area contributed by atoms with Crippen molar-refractivity contribution in [3.05, 3.63) is 0 Å². The van der Waals surface area contributed by atoms with Gasteiger partial charge in [-0.25, -0.2) is 13.1 Å². The van der Waals surface area contributed by atoms with Crippen LogP contribution in [0.25, 0.3) is 0 Å². The first-order valence-corrected chi connectivity index (χ1v) is 9.65. The molecule has 1 unspecified atom stereocenters. The average molecular weight is 305 g/mol. The van der Waals surface area contributed by atoms with Gasteiger partial charge in [0.2, 0.25) is 10.0 Å². The van der Waals surface area contributed by atoms with Gasteiger partial charge in [0.1, 0.15) is 0 Å². The summed E-state index contributed by atoms with van der Waals surface area (Å²) in [5, 5.41) is 3.28. The van der Waals surface area contributed by atoms with E-state index >= 15 is 0 Å². The minimum absolute atomic E-state index is 0.118. The van der Waals surface area contributed by atoms with Crippen LogP contribution in [-0.2, 0) is 10.0 Å². The Bertz CT molecular complexity index is 340. The molecular weight excluding hydrogens is 274 g/mol. The van der Waals surface area contributed by atoms with E-state index in [1.165, 1.54) is 0 Å². The second-order valence-corrected chi connectivity index (χ2v) is 7.53. The molecule has 120 valence electrons. The van der Waals surface area contributed by atoms with Crippen molar-refractivity contribution in [3.63, 3.8) is 0 Å². The predicted molar refractivity (Wildman–Crippen MR) is 84.5 cm³/mol. The molecule has 0 saturated carbocycles. The Morgan fingerprint density at radius 2 is 1.85 bits per heavy atom. The van der Waals surface area contributed by atoms with Crippen molar-refractivity contribution >= 4 is 10.0 Å². The van der Waals surface area contributed by atoms with E-state index in [4.69, 9.17) is 0 Å². The average Bonchev–Trinajstić information content (AvgIpc) is 2.44. The zero-order valence-corrected chi connectivity index (χ0v) is 13.8. The summed E-state index contributed by atoms with van der Waals surface area (Å²) in [6, 6.07) is 0.118. The Hall–Kier alpha value is -0.170. The summed E-state index contributed by atoms with van der Waals surface area (Å²) in [4.78, 5) is 2.22. The Balaban J connectivity index is 2.36. The molecule has 5 nitrogen and oxygen atoms in total. The van der Waals surface area contributed by atoms with Crippen molar-refractivity contribution in [2.45, 2.75) is 52.0 Å². The topological polar surface area (TPSA) is 61.4 Å². The van der Waals surface area contributed by atoms with Gasteiger partial charge in [-0.3, -0.25) is 4.90 Å². The highest BCUT2D eigenvalue weighted by molar-refractivity contribution is 7.89. The van der Waals surface area contributed by atoms with E-state index in [0.29, 0.717) is 6.54 Å². The van der Waals surface area contributed by atoms with Gasteiger partial charge in [0.15, 0.2) is 0 Å². The van der Waals surface area contributed by atoms with Crippen LogP contribution in [0.1, 0.15) is 46.0 Å². The fourth-order valence-corrected chi connectivity index (χ4v) is 3.92. The summed E-state index contributed by atoms with van der Waals surface area (Å²) < 4.78 is 27.2. The third kappa shape index (κ3) is 7.57. The highest BCUT2D eigenvalue weighted by Crippen LogP contribution is 2.08. The smallest absolute Gasteiger partial charge is 0.213 e. The van der Waals surface area contributed by atoms with Gasteiger partial charge in [-0.05, 0) is 12.8 Å². The first-order chi connectivity index (χ1) is 9.57. The summed E-state index contributed by atoms with van der Waals surface area (Å²) in [5.74, 6) is 0.222. The number of piperazine rings is 1. The van der Waals surface area contributed by atoms with Crippen molar-refractivity contribution in [1.82, 2.24) is 14.9 Å². The Morgan fingerprint density at radius 1 is 1.15 bits per heavy atom. The zero-order chi connectivity index (χ0) is 14.8. The van der Waals surface area contributed by atoms with E-state index in [-0.39, 0.29) is 11.8 Å². The zero-order valence-electron chi connectivity index (χ0n) is 13.0. The maximum Gasteiger partial charge on any atom is 0.213 e. The fraction of sp³-hybridized carbons (Fsp3) is 1.00.